The molecular formula is C17H23N3O3S. The third-order valence-electron chi connectivity index (χ3n) is 3.68. The molecule has 0 aliphatic rings. The summed E-state index contributed by atoms with van der Waals surface area (Å²) in [5.74, 6) is 0.183. The zero-order valence-corrected chi connectivity index (χ0v) is 15.2. The summed E-state index contributed by atoms with van der Waals surface area (Å²) in [7, 11) is -1.35. The predicted molar refractivity (Wildman–Crippen MR) is 92.4 cm³/mol. The Morgan fingerprint density at radius 3 is 2.42 bits per heavy atom. The van der Waals surface area contributed by atoms with E-state index in [-0.39, 0.29) is 17.2 Å². The molecule has 1 heterocycles. The van der Waals surface area contributed by atoms with Gasteiger partial charge in [-0.25, -0.2) is 8.42 Å². The minimum atomic E-state index is -3.21. The Morgan fingerprint density at radius 1 is 1.25 bits per heavy atom. The summed E-state index contributed by atoms with van der Waals surface area (Å²) in [6.45, 7) is 4.57. The van der Waals surface area contributed by atoms with Crippen LogP contribution in [0.3, 0.4) is 0 Å². The standard InChI is InChI=1S/C17H23N3O3S/c1-12(2)17-14(11-20(3)19-17)10-18-16(21)9-13-5-7-15(8-6-13)24(4,22)23/h5-8,11-12H,9-10H2,1-4H3,(H,18,21). The van der Waals surface area contributed by atoms with Gasteiger partial charge in [0.25, 0.3) is 0 Å². The first-order valence-corrected chi connectivity index (χ1v) is 9.64. The third-order valence-corrected chi connectivity index (χ3v) is 4.80. The van der Waals surface area contributed by atoms with Crippen LogP contribution in [0.25, 0.3) is 0 Å². The lowest BCUT2D eigenvalue weighted by Gasteiger charge is -2.08. The van der Waals surface area contributed by atoms with Gasteiger partial charge < -0.3 is 5.32 Å². The highest BCUT2D eigenvalue weighted by Crippen LogP contribution is 2.17. The Bertz CT molecular complexity index is 821. The zero-order valence-electron chi connectivity index (χ0n) is 14.4. The molecule has 1 aromatic carbocycles. The van der Waals surface area contributed by atoms with E-state index in [2.05, 4.69) is 24.3 Å². The molecule has 24 heavy (non-hydrogen) atoms. The molecule has 0 spiro atoms. The highest BCUT2D eigenvalue weighted by Gasteiger charge is 2.13. The van der Waals surface area contributed by atoms with Crippen molar-refractivity contribution in [3.8, 4) is 0 Å². The highest BCUT2D eigenvalue weighted by atomic mass is 32.2. The van der Waals surface area contributed by atoms with Crippen LogP contribution in [0.2, 0.25) is 0 Å². The van der Waals surface area contributed by atoms with Crippen molar-refractivity contribution < 1.29 is 13.2 Å². The van der Waals surface area contributed by atoms with Gasteiger partial charge in [0.05, 0.1) is 17.0 Å². The first kappa shape index (κ1) is 18.2. The van der Waals surface area contributed by atoms with E-state index in [4.69, 9.17) is 0 Å². The van der Waals surface area contributed by atoms with Crippen molar-refractivity contribution in [2.24, 2.45) is 7.05 Å². The third kappa shape index (κ3) is 4.67. The number of hydrogen-bond donors (Lipinski definition) is 1. The summed E-state index contributed by atoms with van der Waals surface area (Å²) in [6, 6.07) is 6.38. The van der Waals surface area contributed by atoms with Crippen LogP contribution in [-0.4, -0.2) is 30.4 Å². The second-order valence-electron chi connectivity index (χ2n) is 6.24. The maximum atomic E-state index is 12.1. The lowest BCUT2D eigenvalue weighted by Crippen LogP contribution is -2.25. The number of amides is 1. The predicted octanol–water partition coefficient (Wildman–Crippen LogP) is 1.81. The van der Waals surface area contributed by atoms with Gasteiger partial charge in [-0.3, -0.25) is 9.48 Å². The minimum absolute atomic E-state index is 0.110. The molecule has 0 radical (unpaired) electrons. The van der Waals surface area contributed by atoms with Crippen molar-refractivity contribution in [3.63, 3.8) is 0 Å². The molecule has 2 aromatic rings. The number of carbonyl (C=O) groups is 1. The van der Waals surface area contributed by atoms with E-state index < -0.39 is 9.84 Å². The van der Waals surface area contributed by atoms with Crippen LogP contribution in [-0.2, 0) is 34.6 Å². The van der Waals surface area contributed by atoms with Crippen LogP contribution in [0.15, 0.2) is 35.4 Å². The molecule has 1 N–H and O–H groups in total. The van der Waals surface area contributed by atoms with Gasteiger partial charge in [0, 0.05) is 31.6 Å². The molecule has 0 fully saturated rings. The van der Waals surface area contributed by atoms with Crippen LogP contribution in [0, 0.1) is 0 Å². The number of hydrogen-bond acceptors (Lipinski definition) is 4. The number of nitrogens with zero attached hydrogens (tertiary/aromatic N) is 2. The highest BCUT2D eigenvalue weighted by molar-refractivity contribution is 7.90. The van der Waals surface area contributed by atoms with Crippen LogP contribution >= 0.6 is 0 Å². The van der Waals surface area contributed by atoms with Gasteiger partial charge in [-0.2, -0.15) is 5.10 Å². The van der Waals surface area contributed by atoms with Crippen LogP contribution in [0.4, 0.5) is 0 Å². The molecule has 0 saturated carbocycles. The quantitative estimate of drug-likeness (QED) is 0.862. The number of aromatic nitrogens is 2. The molecule has 0 aliphatic carbocycles. The van der Waals surface area contributed by atoms with Gasteiger partial charge in [-0.1, -0.05) is 26.0 Å². The molecule has 1 amide bonds. The lowest BCUT2D eigenvalue weighted by molar-refractivity contribution is -0.120. The smallest absolute Gasteiger partial charge is 0.224 e. The van der Waals surface area contributed by atoms with Gasteiger partial charge >= 0.3 is 0 Å². The Hall–Kier alpha value is -2.15. The van der Waals surface area contributed by atoms with Crippen molar-refractivity contribution in [1.29, 1.82) is 0 Å². The molecule has 130 valence electrons. The normalized spacial score (nSPS) is 11.7. The summed E-state index contributed by atoms with van der Waals surface area (Å²) < 4.78 is 24.6. The second-order valence-corrected chi connectivity index (χ2v) is 8.25. The molecule has 2 rings (SSSR count). The van der Waals surface area contributed by atoms with Crippen LogP contribution < -0.4 is 5.32 Å². The van der Waals surface area contributed by atoms with Crippen LogP contribution in [0.5, 0.6) is 0 Å². The first-order chi connectivity index (χ1) is 11.2. The maximum absolute atomic E-state index is 12.1. The van der Waals surface area contributed by atoms with Crippen molar-refractivity contribution in [3.05, 3.63) is 47.3 Å². The van der Waals surface area contributed by atoms with Crippen molar-refractivity contribution >= 4 is 15.7 Å². The number of aryl methyl sites for hydroxylation is 1. The summed E-state index contributed by atoms with van der Waals surface area (Å²) in [6.07, 6.45) is 3.28. The van der Waals surface area contributed by atoms with E-state index in [1.165, 1.54) is 12.1 Å². The molecule has 7 heteroatoms. The lowest BCUT2D eigenvalue weighted by atomic mass is 10.1. The zero-order chi connectivity index (χ0) is 17.9. The fourth-order valence-electron chi connectivity index (χ4n) is 2.47. The maximum Gasteiger partial charge on any atom is 0.224 e. The average molecular weight is 349 g/mol. The Balaban J connectivity index is 1.97. The van der Waals surface area contributed by atoms with Crippen molar-refractivity contribution in [2.75, 3.05) is 6.26 Å². The van der Waals surface area contributed by atoms with E-state index in [0.717, 1.165) is 23.1 Å². The second kappa shape index (κ2) is 7.17. The van der Waals surface area contributed by atoms with E-state index in [1.54, 1.807) is 16.8 Å². The summed E-state index contributed by atoms with van der Waals surface area (Å²) >= 11 is 0. The van der Waals surface area contributed by atoms with Crippen LogP contribution in [0.1, 0.15) is 36.6 Å². The number of benzene rings is 1. The van der Waals surface area contributed by atoms with Gasteiger partial charge in [0.15, 0.2) is 9.84 Å². The Labute approximate surface area is 142 Å². The number of rotatable bonds is 6. The van der Waals surface area contributed by atoms with Gasteiger partial charge in [0.1, 0.15) is 0 Å². The Kier molecular flexibility index (Phi) is 5.43. The van der Waals surface area contributed by atoms with E-state index in [1.807, 2.05) is 13.2 Å². The minimum Gasteiger partial charge on any atom is -0.352 e. The van der Waals surface area contributed by atoms with Crippen molar-refractivity contribution in [2.45, 2.75) is 37.6 Å². The topological polar surface area (TPSA) is 81.1 Å². The molecule has 0 aliphatic heterocycles. The summed E-state index contributed by atoms with van der Waals surface area (Å²) in [5, 5.41) is 7.30. The molecule has 0 atom stereocenters. The molecular weight excluding hydrogens is 326 g/mol. The Morgan fingerprint density at radius 2 is 1.88 bits per heavy atom. The molecule has 0 unspecified atom stereocenters. The first-order valence-electron chi connectivity index (χ1n) is 7.75. The number of nitrogens with one attached hydrogen (secondary N) is 1. The fraction of sp³-hybridized carbons (Fsp3) is 0.412. The average Bonchev–Trinajstić information content (AvgIpc) is 2.86. The molecule has 1 aromatic heterocycles. The summed E-state index contributed by atoms with van der Waals surface area (Å²) in [4.78, 5) is 12.4. The monoisotopic (exact) mass is 349 g/mol. The van der Waals surface area contributed by atoms with E-state index >= 15 is 0 Å². The van der Waals surface area contributed by atoms with Crippen molar-refractivity contribution in [1.82, 2.24) is 15.1 Å². The number of sulfone groups is 1. The van der Waals surface area contributed by atoms with E-state index in [0.29, 0.717) is 12.5 Å². The van der Waals surface area contributed by atoms with Gasteiger partial charge in [0.2, 0.25) is 5.91 Å². The summed E-state index contributed by atoms with van der Waals surface area (Å²) in [5.41, 5.74) is 2.76. The molecule has 0 saturated heterocycles. The van der Waals surface area contributed by atoms with E-state index in [9.17, 15) is 13.2 Å². The number of carbonyl (C=O) groups excluding carboxylic acids is 1. The molecule has 6 nitrogen and oxygen atoms in total. The van der Waals surface area contributed by atoms with Gasteiger partial charge in [-0.05, 0) is 23.6 Å². The largest absolute Gasteiger partial charge is 0.352 e. The SMILES string of the molecule is CC(C)c1nn(C)cc1CNC(=O)Cc1ccc(S(C)(=O)=O)cc1. The molecule has 0 bridgehead atoms. The fourth-order valence-corrected chi connectivity index (χ4v) is 3.10. The van der Waals surface area contributed by atoms with Gasteiger partial charge in [-0.15, -0.1) is 0 Å².